The van der Waals surface area contributed by atoms with Crippen molar-refractivity contribution >= 4 is 11.8 Å². The topological polar surface area (TPSA) is 80.1 Å². The average Bonchev–Trinajstić information content (AvgIpc) is 3.00. The summed E-state index contributed by atoms with van der Waals surface area (Å²) in [7, 11) is 0. The van der Waals surface area contributed by atoms with Gasteiger partial charge >= 0.3 is 0 Å². The molecule has 0 aliphatic heterocycles. The van der Waals surface area contributed by atoms with Gasteiger partial charge in [-0.2, -0.15) is 0 Å². The van der Waals surface area contributed by atoms with Gasteiger partial charge in [0.25, 0.3) is 5.91 Å². The van der Waals surface area contributed by atoms with Crippen molar-refractivity contribution in [2.45, 2.75) is 33.4 Å². The molecule has 1 N–H and O–H groups in total. The Bertz CT molecular complexity index is 681. The Morgan fingerprint density at radius 2 is 1.96 bits per heavy atom. The molecule has 0 aliphatic rings. The van der Waals surface area contributed by atoms with Gasteiger partial charge < -0.3 is 10.2 Å². The highest BCUT2D eigenvalue weighted by Crippen LogP contribution is 2.05. The number of hydrogen-bond donors (Lipinski definition) is 1. The Hall–Kier alpha value is -2.70. The van der Waals surface area contributed by atoms with E-state index in [1.54, 1.807) is 10.9 Å². The van der Waals surface area contributed by atoms with Crippen LogP contribution in [0.4, 0.5) is 0 Å². The van der Waals surface area contributed by atoms with E-state index >= 15 is 0 Å². The van der Waals surface area contributed by atoms with Gasteiger partial charge in [-0.25, -0.2) is 4.68 Å². The minimum atomic E-state index is -0.296. The molecule has 0 saturated heterocycles. The lowest BCUT2D eigenvalue weighted by Crippen LogP contribution is -2.42. The first-order valence-electron chi connectivity index (χ1n) is 8.02. The summed E-state index contributed by atoms with van der Waals surface area (Å²) in [6, 6.07) is 9.85. The van der Waals surface area contributed by atoms with Crippen molar-refractivity contribution in [3.8, 4) is 0 Å². The van der Waals surface area contributed by atoms with Crippen LogP contribution in [0.2, 0.25) is 0 Å². The van der Waals surface area contributed by atoms with Crippen LogP contribution in [0, 0.1) is 0 Å². The first-order chi connectivity index (χ1) is 11.5. The van der Waals surface area contributed by atoms with Crippen LogP contribution in [-0.4, -0.2) is 50.8 Å². The van der Waals surface area contributed by atoms with Gasteiger partial charge in [0.05, 0.1) is 19.3 Å². The zero-order chi connectivity index (χ0) is 17.5. The minimum absolute atomic E-state index is 0.0130. The van der Waals surface area contributed by atoms with Crippen molar-refractivity contribution in [2.75, 3.05) is 13.1 Å². The Kier molecular flexibility index (Phi) is 6.06. The number of carbonyl (C=O) groups excluding carboxylic acids is 2. The molecule has 7 nitrogen and oxygen atoms in total. The maximum absolute atomic E-state index is 12.5. The van der Waals surface area contributed by atoms with Gasteiger partial charge in [0.2, 0.25) is 5.91 Å². The molecule has 24 heavy (non-hydrogen) atoms. The molecule has 0 radical (unpaired) electrons. The molecule has 7 heteroatoms. The van der Waals surface area contributed by atoms with Crippen molar-refractivity contribution < 1.29 is 9.59 Å². The molecule has 0 bridgehead atoms. The number of rotatable bonds is 7. The van der Waals surface area contributed by atoms with Crippen molar-refractivity contribution in [1.82, 2.24) is 25.2 Å². The van der Waals surface area contributed by atoms with E-state index in [2.05, 4.69) is 15.6 Å². The van der Waals surface area contributed by atoms with Crippen LogP contribution in [0.3, 0.4) is 0 Å². The smallest absolute Gasteiger partial charge is 0.276 e. The molecule has 1 heterocycles. The first-order valence-corrected chi connectivity index (χ1v) is 8.02. The van der Waals surface area contributed by atoms with E-state index in [0.29, 0.717) is 13.1 Å². The molecule has 0 aliphatic carbocycles. The number of amides is 2. The molecule has 0 atom stereocenters. The number of likely N-dealkylation sites (N-methyl/N-ethyl adjacent to an activating group) is 1. The highest BCUT2D eigenvalue weighted by Gasteiger charge is 2.20. The summed E-state index contributed by atoms with van der Waals surface area (Å²) < 4.78 is 1.62. The van der Waals surface area contributed by atoms with Gasteiger partial charge in [0.1, 0.15) is 0 Å². The third-order valence-corrected chi connectivity index (χ3v) is 3.40. The SMILES string of the molecule is CCN(CC(=O)NC(C)C)C(=O)c1cn(Cc2ccccc2)nn1. The van der Waals surface area contributed by atoms with Gasteiger partial charge in [-0.15, -0.1) is 5.10 Å². The van der Waals surface area contributed by atoms with Crippen LogP contribution < -0.4 is 5.32 Å². The minimum Gasteiger partial charge on any atom is -0.352 e. The van der Waals surface area contributed by atoms with E-state index in [1.807, 2.05) is 51.1 Å². The lowest BCUT2D eigenvalue weighted by Gasteiger charge is -2.19. The van der Waals surface area contributed by atoms with Crippen molar-refractivity contribution in [2.24, 2.45) is 0 Å². The van der Waals surface area contributed by atoms with Crippen LogP contribution in [0.15, 0.2) is 36.5 Å². The van der Waals surface area contributed by atoms with Gasteiger partial charge in [-0.05, 0) is 26.3 Å². The molecule has 0 unspecified atom stereocenters. The Morgan fingerprint density at radius 1 is 1.25 bits per heavy atom. The Balaban J connectivity index is 2.01. The quantitative estimate of drug-likeness (QED) is 0.830. The van der Waals surface area contributed by atoms with E-state index in [-0.39, 0.29) is 30.1 Å². The summed E-state index contributed by atoms with van der Waals surface area (Å²) in [5.74, 6) is -0.479. The van der Waals surface area contributed by atoms with E-state index in [9.17, 15) is 9.59 Å². The van der Waals surface area contributed by atoms with Crippen LogP contribution in [0.5, 0.6) is 0 Å². The summed E-state index contributed by atoms with van der Waals surface area (Å²) in [4.78, 5) is 25.8. The number of carbonyl (C=O) groups is 2. The molecular formula is C17H23N5O2. The van der Waals surface area contributed by atoms with Crippen LogP contribution >= 0.6 is 0 Å². The largest absolute Gasteiger partial charge is 0.352 e. The molecule has 0 saturated carbocycles. The lowest BCUT2D eigenvalue weighted by atomic mass is 10.2. The summed E-state index contributed by atoms with van der Waals surface area (Å²) in [6.07, 6.45) is 1.61. The van der Waals surface area contributed by atoms with E-state index in [1.165, 1.54) is 4.90 Å². The van der Waals surface area contributed by atoms with Crippen molar-refractivity contribution in [3.63, 3.8) is 0 Å². The number of nitrogens with zero attached hydrogens (tertiary/aromatic N) is 4. The fourth-order valence-electron chi connectivity index (χ4n) is 2.27. The fraction of sp³-hybridized carbons (Fsp3) is 0.412. The Morgan fingerprint density at radius 3 is 2.58 bits per heavy atom. The number of nitrogens with one attached hydrogen (secondary N) is 1. The molecular weight excluding hydrogens is 306 g/mol. The second-order valence-corrected chi connectivity index (χ2v) is 5.83. The molecule has 0 fully saturated rings. The molecule has 128 valence electrons. The van der Waals surface area contributed by atoms with Crippen molar-refractivity contribution in [3.05, 3.63) is 47.8 Å². The fourth-order valence-corrected chi connectivity index (χ4v) is 2.27. The predicted molar refractivity (Wildman–Crippen MR) is 90.4 cm³/mol. The second-order valence-electron chi connectivity index (χ2n) is 5.83. The standard InChI is InChI=1S/C17H23N5O2/c1-4-21(12-16(23)18-13(2)3)17(24)15-11-22(20-19-15)10-14-8-6-5-7-9-14/h5-9,11,13H,4,10,12H2,1-3H3,(H,18,23). The van der Waals surface area contributed by atoms with Crippen LogP contribution in [-0.2, 0) is 11.3 Å². The number of hydrogen-bond acceptors (Lipinski definition) is 4. The third-order valence-electron chi connectivity index (χ3n) is 3.40. The van der Waals surface area contributed by atoms with Gasteiger partial charge in [0.15, 0.2) is 5.69 Å². The van der Waals surface area contributed by atoms with E-state index < -0.39 is 0 Å². The molecule has 0 spiro atoms. The molecule has 2 aromatic rings. The summed E-state index contributed by atoms with van der Waals surface area (Å²) in [6.45, 7) is 6.57. The van der Waals surface area contributed by atoms with Gasteiger partial charge in [-0.3, -0.25) is 9.59 Å². The van der Waals surface area contributed by atoms with E-state index in [0.717, 1.165) is 5.56 Å². The maximum atomic E-state index is 12.5. The van der Waals surface area contributed by atoms with Crippen LogP contribution in [0.25, 0.3) is 0 Å². The zero-order valence-electron chi connectivity index (χ0n) is 14.3. The molecule has 1 aromatic heterocycles. The first kappa shape index (κ1) is 17.7. The molecule has 2 amide bonds. The Labute approximate surface area is 141 Å². The van der Waals surface area contributed by atoms with Gasteiger partial charge in [-0.1, -0.05) is 35.5 Å². The predicted octanol–water partition coefficient (Wildman–Crippen LogP) is 1.31. The number of benzene rings is 1. The normalized spacial score (nSPS) is 10.7. The zero-order valence-corrected chi connectivity index (χ0v) is 14.3. The summed E-state index contributed by atoms with van der Waals surface area (Å²) in [5, 5.41) is 10.7. The third kappa shape index (κ3) is 4.91. The monoisotopic (exact) mass is 329 g/mol. The highest BCUT2D eigenvalue weighted by atomic mass is 16.2. The van der Waals surface area contributed by atoms with Crippen molar-refractivity contribution in [1.29, 1.82) is 0 Å². The van der Waals surface area contributed by atoms with Gasteiger partial charge in [0, 0.05) is 12.6 Å². The second kappa shape index (κ2) is 8.24. The summed E-state index contributed by atoms with van der Waals surface area (Å²) in [5.41, 5.74) is 1.31. The highest BCUT2D eigenvalue weighted by molar-refractivity contribution is 5.94. The van der Waals surface area contributed by atoms with E-state index in [4.69, 9.17) is 0 Å². The molecule has 1 aromatic carbocycles. The van der Waals surface area contributed by atoms with Crippen LogP contribution in [0.1, 0.15) is 36.8 Å². The maximum Gasteiger partial charge on any atom is 0.276 e. The lowest BCUT2D eigenvalue weighted by molar-refractivity contribution is -0.122. The average molecular weight is 329 g/mol. The number of aromatic nitrogens is 3. The summed E-state index contributed by atoms with van der Waals surface area (Å²) >= 11 is 0. The molecule has 2 rings (SSSR count).